The zero-order valence-corrected chi connectivity index (χ0v) is 19.8. The highest BCUT2D eigenvalue weighted by atomic mass is 16.5. The molecule has 1 saturated heterocycles. The van der Waals surface area contributed by atoms with Crippen molar-refractivity contribution in [2.75, 3.05) is 26.8 Å². The van der Waals surface area contributed by atoms with Crippen LogP contribution in [0, 0.1) is 5.92 Å². The maximum Gasteiger partial charge on any atom is 0.258 e. The Hall–Kier alpha value is -3.06. The van der Waals surface area contributed by atoms with Crippen LogP contribution in [0.25, 0.3) is 0 Å². The van der Waals surface area contributed by atoms with E-state index in [2.05, 4.69) is 27.7 Å². The molecule has 0 spiro atoms. The van der Waals surface area contributed by atoms with Crippen LogP contribution < -0.4 is 20.1 Å². The number of nitrogens with one attached hydrogen (secondary N) is 2. The molecule has 2 N–H and O–H groups in total. The van der Waals surface area contributed by atoms with Crippen molar-refractivity contribution in [1.82, 2.24) is 15.5 Å². The Balaban J connectivity index is 1.44. The third-order valence-corrected chi connectivity index (χ3v) is 5.85. The van der Waals surface area contributed by atoms with E-state index in [1.54, 1.807) is 19.2 Å². The van der Waals surface area contributed by atoms with Gasteiger partial charge >= 0.3 is 0 Å². The minimum atomic E-state index is -0.591. The number of likely N-dealkylation sites (tertiary alicyclic amines) is 1. The molecule has 33 heavy (non-hydrogen) atoms. The molecule has 2 aromatic rings. The van der Waals surface area contributed by atoms with E-state index in [9.17, 15) is 9.59 Å². The molecular formula is C26H35N3O4. The predicted octanol–water partition coefficient (Wildman–Crippen LogP) is 3.00. The summed E-state index contributed by atoms with van der Waals surface area (Å²) < 4.78 is 10.8. The topological polar surface area (TPSA) is 79.9 Å². The number of benzene rings is 2. The molecule has 3 rings (SSSR count). The zero-order chi connectivity index (χ0) is 23.6. The molecule has 0 saturated carbocycles. The fraction of sp³-hybridized carbons (Fsp3) is 0.462. The lowest BCUT2D eigenvalue weighted by atomic mass is 10.00. The van der Waals surface area contributed by atoms with E-state index in [0.717, 1.165) is 38.2 Å². The Kier molecular flexibility index (Phi) is 9.13. The normalized spacial score (nSPS) is 15.6. The van der Waals surface area contributed by atoms with Gasteiger partial charge in [-0.1, -0.05) is 44.2 Å². The quantitative estimate of drug-likeness (QED) is 0.578. The molecule has 1 fully saturated rings. The molecule has 1 unspecified atom stereocenters. The number of hydrogen-bond donors (Lipinski definition) is 2. The van der Waals surface area contributed by atoms with Crippen LogP contribution in [0.3, 0.4) is 0 Å². The lowest BCUT2D eigenvalue weighted by Gasteiger charge is -2.33. The smallest absolute Gasteiger partial charge is 0.258 e. The third-order valence-electron chi connectivity index (χ3n) is 5.85. The van der Waals surface area contributed by atoms with E-state index in [1.807, 2.05) is 44.2 Å². The monoisotopic (exact) mass is 453 g/mol. The lowest BCUT2D eigenvalue weighted by Crippen LogP contribution is -2.54. The standard InChI is InChI=1S/C26H35N3O4/c1-19(2)25(28-24(30)18-33-22-9-5-4-6-10-22)26(31)27-21-12-14-29(15-13-21)17-20-8-7-11-23(16-20)32-3/h4-11,16,19,21,25H,12-15,17-18H2,1-3H3,(H,27,31)(H,28,30). The van der Waals surface area contributed by atoms with Gasteiger partial charge in [-0.3, -0.25) is 14.5 Å². The molecular weight excluding hydrogens is 418 g/mol. The number of hydrogen-bond acceptors (Lipinski definition) is 5. The van der Waals surface area contributed by atoms with Gasteiger partial charge in [0.2, 0.25) is 5.91 Å². The Labute approximate surface area is 196 Å². The SMILES string of the molecule is COc1cccc(CN2CCC(NC(=O)C(NC(=O)COc3ccccc3)C(C)C)CC2)c1. The van der Waals surface area contributed by atoms with Crippen LogP contribution in [-0.4, -0.2) is 55.6 Å². The number of rotatable bonds is 10. The van der Waals surface area contributed by atoms with Crippen molar-refractivity contribution in [2.24, 2.45) is 5.92 Å². The molecule has 0 bridgehead atoms. The average molecular weight is 454 g/mol. The van der Waals surface area contributed by atoms with E-state index in [4.69, 9.17) is 9.47 Å². The Morgan fingerprint density at radius 1 is 1.03 bits per heavy atom. The number of carbonyl (C=O) groups excluding carboxylic acids is 2. The van der Waals surface area contributed by atoms with Gasteiger partial charge in [0.1, 0.15) is 17.5 Å². The Morgan fingerprint density at radius 3 is 2.39 bits per heavy atom. The molecule has 1 heterocycles. The number of nitrogens with zero attached hydrogens (tertiary/aromatic N) is 1. The summed E-state index contributed by atoms with van der Waals surface area (Å²) in [6, 6.07) is 16.8. The highest BCUT2D eigenvalue weighted by Gasteiger charge is 2.28. The van der Waals surface area contributed by atoms with Gasteiger partial charge in [0, 0.05) is 25.7 Å². The van der Waals surface area contributed by atoms with Gasteiger partial charge in [0.25, 0.3) is 5.91 Å². The second-order valence-electron chi connectivity index (χ2n) is 8.80. The molecule has 2 aromatic carbocycles. The van der Waals surface area contributed by atoms with Crippen LogP contribution in [-0.2, 0) is 16.1 Å². The van der Waals surface area contributed by atoms with E-state index < -0.39 is 6.04 Å². The van der Waals surface area contributed by atoms with Crippen LogP contribution in [0.1, 0.15) is 32.3 Å². The molecule has 1 aliphatic rings. The van der Waals surface area contributed by atoms with Crippen molar-refractivity contribution in [2.45, 2.75) is 45.3 Å². The maximum absolute atomic E-state index is 12.9. The van der Waals surface area contributed by atoms with Crippen molar-refractivity contribution in [3.05, 3.63) is 60.2 Å². The summed E-state index contributed by atoms with van der Waals surface area (Å²) in [6.07, 6.45) is 1.76. The van der Waals surface area contributed by atoms with Crippen molar-refractivity contribution < 1.29 is 19.1 Å². The van der Waals surface area contributed by atoms with E-state index >= 15 is 0 Å². The largest absolute Gasteiger partial charge is 0.497 e. The molecule has 0 radical (unpaired) electrons. The maximum atomic E-state index is 12.9. The minimum Gasteiger partial charge on any atom is -0.497 e. The Morgan fingerprint density at radius 2 is 1.73 bits per heavy atom. The van der Waals surface area contributed by atoms with Gasteiger partial charge in [0.15, 0.2) is 6.61 Å². The number of amides is 2. The summed E-state index contributed by atoms with van der Waals surface area (Å²) in [7, 11) is 1.68. The predicted molar refractivity (Wildman–Crippen MR) is 128 cm³/mol. The molecule has 7 nitrogen and oxygen atoms in total. The summed E-state index contributed by atoms with van der Waals surface area (Å²) in [6.45, 7) is 6.42. The van der Waals surface area contributed by atoms with Crippen LogP contribution in [0.15, 0.2) is 54.6 Å². The first kappa shape index (κ1) is 24.6. The summed E-state index contributed by atoms with van der Waals surface area (Å²) in [4.78, 5) is 27.7. The average Bonchev–Trinajstić information content (AvgIpc) is 2.83. The fourth-order valence-electron chi connectivity index (χ4n) is 3.97. The van der Waals surface area contributed by atoms with Crippen molar-refractivity contribution in [3.8, 4) is 11.5 Å². The minimum absolute atomic E-state index is 0.0289. The van der Waals surface area contributed by atoms with Crippen molar-refractivity contribution in [3.63, 3.8) is 0 Å². The summed E-state index contributed by atoms with van der Waals surface area (Å²) in [5.74, 6) is 1.02. The highest BCUT2D eigenvalue weighted by molar-refractivity contribution is 5.88. The molecule has 0 aliphatic carbocycles. The van der Waals surface area contributed by atoms with Gasteiger partial charge in [-0.15, -0.1) is 0 Å². The van der Waals surface area contributed by atoms with Gasteiger partial charge in [-0.2, -0.15) is 0 Å². The number of para-hydroxylation sites is 1. The Bertz CT molecular complexity index is 895. The first-order valence-corrected chi connectivity index (χ1v) is 11.6. The number of ether oxygens (including phenoxy) is 2. The van der Waals surface area contributed by atoms with Gasteiger partial charge in [0.05, 0.1) is 7.11 Å². The first-order valence-electron chi connectivity index (χ1n) is 11.6. The molecule has 1 atom stereocenters. The summed E-state index contributed by atoms with van der Waals surface area (Å²) in [5, 5.41) is 5.97. The lowest BCUT2D eigenvalue weighted by molar-refractivity contribution is -0.131. The van der Waals surface area contributed by atoms with Crippen LogP contribution in [0.4, 0.5) is 0 Å². The van der Waals surface area contributed by atoms with Crippen LogP contribution >= 0.6 is 0 Å². The number of methoxy groups -OCH3 is 1. The zero-order valence-electron chi connectivity index (χ0n) is 19.8. The van der Waals surface area contributed by atoms with Gasteiger partial charge in [-0.05, 0) is 48.6 Å². The molecule has 7 heteroatoms. The second-order valence-corrected chi connectivity index (χ2v) is 8.80. The van der Waals surface area contributed by atoms with Gasteiger partial charge in [-0.25, -0.2) is 0 Å². The van der Waals surface area contributed by atoms with E-state index in [-0.39, 0.29) is 30.4 Å². The number of carbonyl (C=O) groups is 2. The molecule has 0 aromatic heterocycles. The highest BCUT2D eigenvalue weighted by Crippen LogP contribution is 2.18. The number of piperidine rings is 1. The van der Waals surface area contributed by atoms with Crippen molar-refractivity contribution in [1.29, 1.82) is 0 Å². The van der Waals surface area contributed by atoms with Crippen LogP contribution in [0.5, 0.6) is 11.5 Å². The van der Waals surface area contributed by atoms with E-state index in [0.29, 0.717) is 5.75 Å². The second kappa shape index (κ2) is 12.3. The summed E-state index contributed by atoms with van der Waals surface area (Å²) >= 11 is 0. The molecule has 2 amide bonds. The van der Waals surface area contributed by atoms with Crippen LogP contribution in [0.2, 0.25) is 0 Å². The molecule has 1 aliphatic heterocycles. The fourth-order valence-corrected chi connectivity index (χ4v) is 3.97. The first-order chi connectivity index (χ1) is 15.9. The molecule has 178 valence electrons. The van der Waals surface area contributed by atoms with Gasteiger partial charge < -0.3 is 20.1 Å². The van der Waals surface area contributed by atoms with E-state index in [1.165, 1.54) is 5.56 Å². The van der Waals surface area contributed by atoms with Crippen molar-refractivity contribution >= 4 is 11.8 Å². The summed E-state index contributed by atoms with van der Waals surface area (Å²) in [5.41, 5.74) is 1.22. The third kappa shape index (κ3) is 7.79.